The van der Waals surface area contributed by atoms with E-state index in [2.05, 4.69) is 0 Å². The van der Waals surface area contributed by atoms with Gasteiger partial charge in [-0.2, -0.15) is 0 Å². The Kier molecular flexibility index (Phi) is 3.53. The molecule has 14 nitrogen and oxygen atoms in total. The van der Waals surface area contributed by atoms with Crippen molar-refractivity contribution in [1.29, 1.82) is 0 Å². The van der Waals surface area contributed by atoms with Crippen molar-refractivity contribution in [3.63, 3.8) is 0 Å². The van der Waals surface area contributed by atoms with Gasteiger partial charge in [-0.1, -0.05) is 0 Å². The predicted molar refractivity (Wildman–Crippen MR) is 78.6 cm³/mol. The van der Waals surface area contributed by atoms with Gasteiger partial charge in [-0.05, 0) is 0 Å². The Hall–Kier alpha value is -3.06. The molecule has 0 radical (unpaired) electrons. The van der Waals surface area contributed by atoms with Gasteiger partial charge in [0.15, 0.2) is 0 Å². The summed E-state index contributed by atoms with van der Waals surface area (Å²) in [5.74, 6) is -7.57. The van der Waals surface area contributed by atoms with E-state index in [1.807, 2.05) is 0 Å². The van der Waals surface area contributed by atoms with Crippen molar-refractivity contribution in [3.05, 3.63) is 40.5 Å². The molecule has 2 aliphatic rings. The number of carbonyl (C=O) groups excluding carboxylic acids is 2. The fourth-order valence-corrected chi connectivity index (χ4v) is 4.77. The molecule has 0 spiro atoms. The highest BCUT2D eigenvalue weighted by atomic mass is 16.7. The molecule has 0 amide bonds. The maximum Gasteiger partial charge on any atom is 0.294 e. The number of hydrogen-bond acceptors (Lipinski definition) is 10. The van der Waals surface area contributed by atoms with Gasteiger partial charge in [0.1, 0.15) is 11.8 Å². The van der Waals surface area contributed by atoms with Gasteiger partial charge in [0.05, 0.1) is 0 Å². The third-order valence-corrected chi connectivity index (χ3v) is 6.11. The molecular weight excluding hydrogens is 360 g/mol. The van der Waals surface area contributed by atoms with E-state index >= 15 is 0 Å². The maximum absolute atomic E-state index is 12.7. The second kappa shape index (κ2) is 4.76. The van der Waals surface area contributed by atoms with Crippen LogP contribution in [0.3, 0.4) is 0 Å². The van der Waals surface area contributed by atoms with E-state index in [4.69, 9.17) is 0 Å². The van der Waals surface area contributed by atoms with Crippen LogP contribution in [0.2, 0.25) is 0 Å². The topological polar surface area (TPSA) is 207 Å². The summed E-state index contributed by atoms with van der Waals surface area (Å²) >= 11 is 0. The molecule has 0 bridgehead atoms. The Morgan fingerprint density at radius 3 is 0.846 bits per heavy atom. The second-order valence-corrected chi connectivity index (χ2v) is 7.23. The lowest BCUT2D eigenvalue weighted by atomic mass is 9.74. The molecule has 2 aliphatic carbocycles. The number of nitrogens with zero attached hydrogens (tertiary/aromatic N) is 4. The Balaban J connectivity index is 3.07. The number of ketones is 2. The van der Waals surface area contributed by atoms with E-state index < -0.39 is 65.3 Å². The summed E-state index contributed by atoms with van der Waals surface area (Å²) in [6.07, 6.45) is 0. The van der Waals surface area contributed by atoms with Crippen LogP contribution in [0.25, 0.3) is 0 Å². The molecule has 4 unspecified atom stereocenters. The van der Waals surface area contributed by atoms with E-state index in [0.717, 1.165) is 0 Å². The van der Waals surface area contributed by atoms with Gasteiger partial charge in [-0.3, -0.25) is 50.0 Å². The molecule has 4 atom stereocenters. The lowest BCUT2D eigenvalue weighted by molar-refractivity contribution is -0.607. The predicted octanol–water partition coefficient (Wildman–Crippen LogP) is -0.474. The molecule has 2 fully saturated rings. The van der Waals surface area contributed by atoms with Crippen molar-refractivity contribution in [2.45, 2.75) is 49.9 Å². The van der Waals surface area contributed by atoms with Crippen LogP contribution in [-0.4, -0.2) is 53.4 Å². The fraction of sp³-hybridized carbons (Fsp3) is 0.833. The quantitative estimate of drug-likeness (QED) is 0.456. The summed E-state index contributed by atoms with van der Waals surface area (Å²) in [4.78, 5) is 67.1. The highest BCUT2D eigenvalue weighted by Gasteiger charge is 2.96. The molecule has 26 heavy (non-hydrogen) atoms. The van der Waals surface area contributed by atoms with Gasteiger partial charge in [0.2, 0.25) is 0 Å². The molecule has 142 valence electrons. The average molecular weight is 374 g/mol. The Morgan fingerprint density at radius 2 is 0.731 bits per heavy atom. The van der Waals surface area contributed by atoms with Crippen LogP contribution in [0, 0.1) is 52.3 Å². The molecule has 2 saturated carbocycles. The lowest BCUT2D eigenvalue weighted by Gasteiger charge is -2.26. The number of rotatable bonds is 4. The summed E-state index contributed by atoms with van der Waals surface area (Å²) < 4.78 is 0. The zero-order valence-electron chi connectivity index (χ0n) is 14.0. The number of nitro groups is 4. The lowest BCUT2D eigenvalue weighted by Crippen LogP contribution is -2.63. The van der Waals surface area contributed by atoms with Gasteiger partial charge in [0.25, 0.3) is 33.7 Å². The first kappa shape index (κ1) is 19.3. The summed E-state index contributed by atoms with van der Waals surface area (Å²) in [5.41, 5.74) is -11.7. The number of fused-ring (bicyclic) bond motifs is 1. The van der Waals surface area contributed by atoms with Crippen LogP contribution < -0.4 is 0 Å². The number of hydrogen-bond donors (Lipinski definition) is 0. The van der Waals surface area contributed by atoms with Crippen molar-refractivity contribution >= 4 is 11.6 Å². The van der Waals surface area contributed by atoms with Crippen LogP contribution in [0.1, 0.15) is 27.7 Å². The Labute approximate surface area is 144 Å². The van der Waals surface area contributed by atoms with Crippen molar-refractivity contribution in [2.75, 3.05) is 0 Å². The molecule has 0 aromatic carbocycles. The van der Waals surface area contributed by atoms with Crippen molar-refractivity contribution in [2.24, 2.45) is 11.8 Å². The minimum atomic E-state index is -2.92. The molecule has 0 saturated heterocycles. The molecule has 0 N–H and O–H groups in total. The fourth-order valence-electron chi connectivity index (χ4n) is 4.77. The van der Waals surface area contributed by atoms with Crippen LogP contribution in [0.15, 0.2) is 0 Å². The molecule has 14 heteroatoms. The van der Waals surface area contributed by atoms with E-state index in [-0.39, 0.29) is 0 Å². The largest absolute Gasteiger partial charge is 0.294 e. The summed E-state index contributed by atoms with van der Waals surface area (Å²) in [6, 6.07) is 0. The smallest absolute Gasteiger partial charge is 0.283 e. The molecule has 2 rings (SSSR count). The van der Waals surface area contributed by atoms with Gasteiger partial charge in [-0.15, -0.1) is 0 Å². The second-order valence-electron chi connectivity index (χ2n) is 7.23. The zero-order valence-corrected chi connectivity index (χ0v) is 14.0. The zero-order chi connectivity index (χ0) is 20.6. The normalized spacial score (nSPS) is 44.6. The first-order valence-electron chi connectivity index (χ1n) is 7.25. The Morgan fingerprint density at radius 1 is 0.577 bits per heavy atom. The standard InChI is InChI=1S/C12H14N4O10/c1-9(13(19)20)5-6(11(3,7(9)17)15(23)24)12(4,16(25)26)8(18)10(5,2)14(21)22/h5-6H,1-4H3. The van der Waals surface area contributed by atoms with Crippen molar-refractivity contribution in [1.82, 2.24) is 0 Å². The number of Topliss-reactive ketones (excluding diaryl/α,β-unsaturated/α-hetero) is 2. The molecule has 0 heterocycles. The van der Waals surface area contributed by atoms with Crippen LogP contribution >= 0.6 is 0 Å². The van der Waals surface area contributed by atoms with E-state index in [9.17, 15) is 50.0 Å². The monoisotopic (exact) mass is 374 g/mol. The van der Waals surface area contributed by atoms with E-state index in [1.54, 1.807) is 0 Å². The Bertz CT molecular complexity index is 686. The summed E-state index contributed by atoms with van der Waals surface area (Å²) in [5, 5.41) is 46.6. The average Bonchev–Trinajstić information content (AvgIpc) is 2.84. The van der Waals surface area contributed by atoms with Crippen LogP contribution in [0.5, 0.6) is 0 Å². The first-order chi connectivity index (χ1) is 11.6. The maximum atomic E-state index is 12.7. The molecule has 0 aromatic rings. The van der Waals surface area contributed by atoms with E-state index in [1.165, 1.54) is 0 Å². The molecule has 0 aliphatic heterocycles. The summed E-state index contributed by atoms with van der Waals surface area (Å²) in [7, 11) is 0. The SMILES string of the molecule is CC1([N+](=O)[O-])C(=O)C(C)([N+](=O)[O-])C2C1C(C)([N+](=O)[O-])C(=O)C2(C)[N+](=O)[O-]. The number of carbonyl (C=O) groups is 2. The third-order valence-electron chi connectivity index (χ3n) is 6.11. The van der Waals surface area contributed by atoms with Gasteiger partial charge >= 0.3 is 0 Å². The van der Waals surface area contributed by atoms with Crippen molar-refractivity contribution in [3.8, 4) is 0 Å². The highest BCUT2D eigenvalue weighted by Crippen LogP contribution is 2.62. The van der Waals surface area contributed by atoms with Crippen LogP contribution in [-0.2, 0) is 9.59 Å². The molecule has 0 aromatic heterocycles. The first-order valence-corrected chi connectivity index (χ1v) is 7.25. The third kappa shape index (κ3) is 1.56. The highest BCUT2D eigenvalue weighted by molar-refractivity contribution is 6.06. The molecular formula is C12H14N4O10. The minimum absolute atomic E-state index is 0.641. The van der Waals surface area contributed by atoms with E-state index in [0.29, 0.717) is 27.7 Å². The minimum Gasteiger partial charge on any atom is -0.283 e. The summed E-state index contributed by atoms with van der Waals surface area (Å²) in [6.45, 7) is 2.57. The van der Waals surface area contributed by atoms with Gasteiger partial charge < -0.3 is 0 Å². The van der Waals surface area contributed by atoms with Crippen LogP contribution in [0.4, 0.5) is 0 Å². The van der Waals surface area contributed by atoms with Gasteiger partial charge in [-0.25, -0.2) is 0 Å². The van der Waals surface area contributed by atoms with Crippen molar-refractivity contribution < 1.29 is 29.3 Å². The van der Waals surface area contributed by atoms with Gasteiger partial charge in [0, 0.05) is 47.4 Å².